The molecule has 1 aromatic rings. The molecule has 1 amide bonds. The lowest BCUT2D eigenvalue weighted by atomic mass is 10.1. The Balaban J connectivity index is 2.24. The van der Waals surface area contributed by atoms with Gasteiger partial charge in [0.05, 0.1) is 13.2 Å². The number of nitrogens with zero attached hydrogens (tertiary/aromatic N) is 1. The van der Waals surface area contributed by atoms with Crippen LogP contribution in [0.2, 0.25) is 0 Å². The van der Waals surface area contributed by atoms with Crippen LogP contribution in [-0.2, 0) is 0 Å². The molecule has 0 spiro atoms. The second-order valence-corrected chi connectivity index (χ2v) is 6.69. The van der Waals surface area contributed by atoms with Crippen LogP contribution in [0.3, 0.4) is 0 Å². The van der Waals surface area contributed by atoms with E-state index in [9.17, 15) is 4.79 Å². The average Bonchev–Trinajstić information content (AvgIpc) is 3.07. The normalized spacial score (nSPS) is 14.9. The first-order chi connectivity index (χ1) is 11.6. The molecule has 1 aromatic carbocycles. The molecule has 0 atom stereocenters. The Morgan fingerprint density at radius 1 is 1.17 bits per heavy atom. The number of rotatable bonds is 8. The third kappa shape index (κ3) is 4.43. The summed E-state index contributed by atoms with van der Waals surface area (Å²) in [6.45, 7) is 9.40. The molecular formula is C20H31NO3. The maximum Gasteiger partial charge on any atom is 0.254 e. The summed E-state index contributed by atoms with van der Waals surface area (Å²) in [5.74, 6) is 1.47. The van der Waals surface area contributed by atoms with Crippen LogP contribution in [0.4, 0.5) is 0 Å². The molecule has 24 heavy (non-hydrogen) atoms. The first-order valence-electron chi connectivity index (χ1n) is 9.30. The largest absolute Gasteiger partial charge is 0.490 e. The Hall–Kier alpha value is -1.71. The molecule has 0 radical (unpaired) electrons. The first-order valence-corrected chi connectivity index (χ1v) is 9.30. The molecule has 2 rings (SSSR count). The molecule has 0 saturated heterocycles. The van der Waals surface area contributed by atoms with Crippen molar-refractivity contribution in [2.24, 2.45) is 0 Å². The fourth-order valence-corrected chi connectivity index (χ4v) is 3.39. The van der Waals surface area contributed by atoms with Crippen LogP contribution in [0.5, 0.6) is 11.5 Å². The van der Waals surface area contributed by atoms with Gasteiger partial charge in [-0.05, 0) is 58.2 Å². The summed E-state index contributed by atoms with van der Waals surface area (Å²) < 4.78 is 11.4. The van der Waals surface area contributed by atoms with Gasteiger partial charge in [-0.1, -0.05) is 19.8 Å². The Morgan fingerprint density at radius 3 is 2.46 bits per heavy atom. The topological polar surface area (TPSA) is 38.8 Å². The van der Waals surface area contributed by atoms with Crippen LogP contribution in [0.15, 0.2) is 18.2 Å². The van der Waals surface area contributed by atoms with Gasteiger partial charge in [-0.15, -0.1) is 0 Å². The van der Waals surface area contributed by atoms with Crippen LogP contribution in [0, 0.1) is 0 Å². The van der Waals surface area contributed by atoms with Gasteiger partial charge >= 0.3 is 0 Å². The number of carbonyl (C=O) groups excluding carboxylic acids is 1. The summed E-state index contributed by atoms with van der Waals surface area (Å²) in [5, 5.41) is 0. The molecule has 0 bridgehead atoms. The first kappa shape index (κ1) is 18.6. The number of carbonyl (C=O) groups is 1. The van der Waals surface area contributed by atoms with E-state index < -0.39 is 0 Å². The predicted molar refractivity (Wildman–Crippen MR) is 97.0 cm³/mol. The fraction of sp³-hybridized carbons (Fsp3) is 0.650. The lowest BCUT2D eigenvalue weighted by Crippen LogP contribution is -2.43. The molecule has 0 N–H and O–H groups in total. The van der Waals surface area contributed by atoms with Crippen LogP contribution in [-0.4, -0.2) is 36.1 Å². The van der Waals surface area contributed by atoms with Crippen LogP contribution in [0.25, 0.3) is 0 Å². The van der Waals surface area contributed by atoms with Gasteiger partial charge in [0.15, 0.2) is 11.5 Å². The molecule has 4 heteroatoms. The number of benzene rings is 1. The third-order valence-electron chi connectivity index (χ3n) is 4.46. The van der Waals surface area contributed by atoms with Gasteiger partial charge in [0.2, 0.25) is 0 Å². The molecule has 4 nitrogen and oxygen atoms in total. The molecule has 0 heterocycles. The van der Waals surface area contributed by atoms with Gasteiger partial charge in [0.25, 0.3) is 5.91 Å². The summed E-state index contributed by atoms with van der Waals surface area (Å²) >= 11 is 0. The lowest BCUT2D eigenvalue weighted by Gasteiger charge is -2.33. The highest BCUT2D eigenvalue weighted by Crippen LogP contribution is 2.31. The zero-order valence-corrected chi connectivity index (χ0v) is 15.5. The number of hydrogen-bond acceptors (Lipinski definition) is 3. The Morgan fingerprint density at radius 2 is 1.88 bits per heavy atom. The van der Waals surface area contributed by atoms with E-state index in [0.29, 0.717) is 36.3 Å². The zero-order chi connectivity index (χ0) is 17.5. The molecule has 1 fully saturated rings. The summed E-state index contributed by atoms with van der Waals surface area (Å²) in [6, 6.07) is 6.12. The van der Waals surface area contributed by atoms with E-state index in [2.05, 4.69) is 20.8 Å². The average molecular weight is 333 g/mol. The van der Waals surface area contributed by atoms with Crippen molar-refractivity contribution in [3.05, 3.63) is 23.8 Å². The minimum Gasteiger partial charge on any atom is -0.490 e. The summed E-state index contributed by atoms with van der Waals surface area (Å²) in [7, 11) is 0. The highest BCUT2D eigenvalue weighted by atomic mass is 16.5. The molecular weight excluding hydrogens is 302 g/mol. The third-order valence-corrected chi connectivity index (χ3v) is 4.46. The van der Waals surface area contributed by atoms with Crippen molar-refractivity contribution < 1.29 is 14.3 Å². The van der Waals surface area contributed by atoms with Crippen molar-refractivity contribution in [3.63, 3.8) is 0 Å². The molecule has 0 unspecified atom stereocenters. The van der Waals surface area contributed by atoms with Crippen molar-refractivity contribution in [1.82, 2.24) is 4.90 Å². The van der Waals surface area contributed by atoms with Gasteiger partial charge in [-0.2, -0.15) is 0 Å². The molecule has 1 saturated carbocycles. The van der Waals surface area contributed by atoms with Crippen molar-refractivity contribution in [1.29, 1.82) is 0 Å². The molecule has 134 valence electrons. The number of amides is 1. The van der Waals surface area contributed by atoms with E-state index in [4.69, 9.17) is 9.47 Å². The molecule has 0 aliphatic heterocycles. The van der Waals surface area contributed by atoms with Gasteiger partial charge in [-0.25, -0.2) is 0 Å². The quantitative estimate of drug-likeness (QED) is 0.694. The second-order valence-electron chi connectivity index (χ2n) is 6.69. The number of ether oxygens (including phenoxy) is 2. The highest BCUT2D eigenvalue weighted by molar-refractivity contribution is 5.95. The van der Waals surface area contributed by atoms with E-state index in [0.717, 1.165) is 19.3 Å². The standard InChI is InChI=1S/C20H31NO3/c1-5-13-24-18-12-11-16(14-19(18)23-6-2)20(22)21(15(3)4)17-9-7-8-10-17/h11-12,14-15,17H,5-10,13H2,1-4H3. The van der Waals surface area contributed by atoms with Gasteiger partial charge in [0, 0.05) is 17.6 Å². The van der Waals surface area contributed by atoms with Gasteiger partial charge in [0.1, 0.15) is 0 Å². The highest BCUT2D eigenvalue weighted by Gasteiger charge is 2.29. The van der Waals surface area contributed by atoms with E-state index in [1.54, 1.807) is 0 Å². The predicted octanol–water partition coefficient (Wildman–Crippen LogP) is 4.67. The smallest absolute Gasteiger partial charge is 0.254 e. The van der Waals surface area contributed by atoms with E-state index in [1.807, 2.05) is 30.0 Å². The Labute approximate surface area is 146 Å². The minimum atomic E-state index is 0.0971. The van der Waals surface area contributed by atoms with Gasteiger partial charge < -0.3 is 14.4 Å². The maximum absolute atomic E-state index is 13.1. The maximum atomic E-state index is 13.1. The van der Waals surface area contributed by atoms with Crippen molar-refractivity contribution in [2.45, 2.75) is 71.9 Å². The SMILES string of the molecule is CCCOc1ccc(C(=O)N(C(C)C)C2CCCC2)cc1OCC. The molecule has 1 aliphatic rings. The lowest BCUT2D eigenvalue weighted by molar-refractivity contribution is 0.0613. The summed E-state index contributed by atoms with van der Waals surface area (Å²) in [6.07, 6.45) is 5.60. The van der Waals surface area contributed by atoms with Crippen molar-refractivity contribution >= 4 is 5.91 Å². The van der Waals surface area contributed by atoms with Crippen LogP contribution >= 0.6 is 0 Å². The Kier molecular flexibility index (Phi) is 6.95. The van der Waals surface area contributed by atoms with Crippen molar-refractivity contribution in [3.8, 4) is 11.5 Å². The monoisotopic (exact) mass is 333 g/mol. The fourth-order valence-electron chi connectivity index (χ4n) is 3.39. The van der Waals surface area contributed by atoms with E-state index in [-0.39, 0.29) is 11.9 Å². The second kappa shape index (κ2) is 8.95. The molecule has 0 aromatic heterocycles. The number of hydrogen-bond donors (Lipinski definition) is 0. The zero-order valence-electron chi connectivity index (χ0n) is 15.5. The van der Waals surface area contributed by atoms with E-state index in [1.165, 1.54) is 12.8 Å². The Bertz CT molecular complexity index is 536. The summed E-state index contributed by atoms with van der Waals surface area (Å²) in [5.41, 5.74) is 0.683. The van der Waals surface area contributed by atoms with Gasteiger partial charge in [-0.3, -0.25) is 4.79 Å². The van der Waals surface area contributed by atoms with Crippen LogP contribution in [0.1, 0.15) is 70.2 Å². The van der Waals surface area contributed by atoms with Crippen molar-refractivity contribution in [2.75, 3.05) is 13.2 Å². The minimum absolute atomic E-state index is 0.0971. The van der Waals surface area contributed by atoms with E-state index >= 15 is 0 Å². The summed E-state index contributed by atoms with van der Waals surface area (Å²) in [4.78, 5) is 15.1. The molecule has 1 aliphatic carbocycles. The van der Waals surface area contributed by atoms with Crippen LogP contribution < -0.4 is 9.47 Å².